The van der Waals surface area contributed by atoms with Crippen LogP contribution in [0.5, 0.6) is 0 Å². The van der Waals surface area contributed by atoms with Crippen LogP contribution >= 0.6 is 11.3 Å². The first-order valence-corrected chi connectivity index (χ1v) is 9.71. The number of hydrogen-bond acceptors (Lipinski definition) is 6. The van der Waals surface area contributed by atoms with E-state index in [1.54, 1.807) is 24.5 Å². The number of hydrogen-bond donors (Lipinski definition) is 1. The first-order valence-electron chi connectivity index (χ1n) is 8.83. The Balaban J connectivity index is 1.69. The van der Waals surface area contributed by atoms with Gasteiger partial charge in [-0.25, -0.2) is 9.38 Å². The molecule has 2 aromatic rings. The molecule has 2 aliphatic heterocycles. The van der Waals surface area contributed by atoms with Gasteiger partial charge in [0.15, 0.2) is 0 Å². The summed E-state index contributed by atoms with van der Waals surface area (Å²) in [5, 5.41) is 6.42. The monoisotopic (exact) mass is 374 g/mol. The van der Waals surface area contributed by atoms with E-state index in [-0.39, 0.29) is 5.82 Å². The number of nitrogens with one attached hydrogen (secondary N) is 1. The summed E-state index contributed by atoms with van der Waals surface area (Å²) in [7, 11) is 3.91. The predicted molar refractivity (Wildman–Crippen MR) is 105 cm³/mol. The van der Waals surface area contributed by atoms with E-state index in [1.165, 1.54) is 12.1 Å². The summed E-state index contributed by atoms with van der Waals surface area (Å²) in [4.78, 5) is 9.67. The molecule has 1 atom stereocenters. The quantitative estimate of drug-likeness (QED) is 0.890. The van der Waals surface area contributed by atoms with Crippen LogP contribution in [-0.2, 0) is 4.74 Å². The highest BCUT2D eigenvalue weighted by Crippen LogP contribution is 2.38. The molecule has 1 aromatic carbocycles. The molecule has 26 heavy (non-hydrogen) atoms. The number of aliphatic imine (C=N–C) groups is 1. The summed E-state index contributed by atoms with van der Waals surface area (Å²) in [5.41, 5.74) is 2.58. The van der Waals surface area contributed by atoms with Gasteiger partial charge in [0.05, 0.1) is 16.9 Å². The van der Waals surface area contributed by atoms with Crippen LogP contribution in [0.25, 0.3) is 0 Å². The lowest BCUT2D eigenvalue weighted by atomic mass is 10.1. The molecule has 0 bridgehead atoms. The fourth-order valence-corrected chi connectivity index (χ4v) is 4.33. The first kappa shape index (κ1) is 17.5. The molecule has 1 N–H and O–H groups in total. The molecule has 0 radical (unpaired) electrons. The van der Waals surface area contributed by atoms with Gasteiger partial charge in [-0.05, 0) is 43.1 Å². The van der Waals surface area contributed by atoms with Crippen molar-refractivity contribution in [3.8, 4) is 0 Å². The van der Waals surface area contributed by atoms with Gasteiger partial charge in [0.25, 0.3) is 0 Å². The summed E-state index contributed by atoms with van der Waals surface area (Å²) in [6.07, 6.45) is 0.993. The number of nitrogens with zero attached hydrogens (tertiary/aromatic N) is 3. The van der Waals surface area contributed by atoms with Crippen molar-refractivity contribution in [3.63, 3.8) is 0 Å². The van der Waals surface area contributed by atoms with Crippen LogP contribution in [0.2, 0.25) is 0 Å². The number of rotatable bonds is 3. The number of amidine groups is 1. The number of likely N-dealkylation sites (N-methyl/N-ethyl adjacent to an activating group) is 1. The Labute approximate surface area is 157 Å². The fraction of sp³-hybridized carbons (Fsp3) is 0.421. The summed E-state index contributed by atoms with van der Waals surface area (Å²) >= 11 is 1.62. The van der Waals surface area contributed by atoms with E-state index in [9.17, 15) is 4.39 Å². The van der Waals surface area contributed by atoms with Crippen molar-refractivity contribution >= 4 is 33.5 Å². The molecule has 0 spiro atoms. The Morgan fingerprint density at radius 3 is 3.08 bits per heavy atom. The maximum Gasteiger partial charge on any atom is 0.139 e. The van der Waals surface area contributed by atoms with Crippen molar-refractivity contribution < 1.29 is 9.13 Å². The lowest BCUT2D eigenvalue weighted by Gasteiger charge is -2.40. The van der Waals surface area contributed by atoms with Crippen LogP contribution in [0.4, 0.5) is 20.8 Å². The number of thiophene rings is 1. The predicted octanol–water partition coefficient (Wildman–Crippen LogP) is 3.68. The van der Waals surface area contributed by atoms with Crippen molar-refractivity contribution in [1.82, 2.24) is 9.80 Å². The maximum absolute atomic E-state index is 13.7. The van der Waals surface area contributed by atoms with Gasteiger partial charge in [-0.1, -0.05) is 0 Å². The topological polar surface area (TPSA) is 40.1 Å². The molecule has 4 rings (SSSR count). The molecule has 0 saturated carbocycles. The lowest BCUT2D eigenvalue weighted by Crippen LogP contribution is -2.53. The number of fused-ring (bicyclic) bond motifs is 2. The average Bonchev–Trinajstić information content (AvgIpc) is 3.03. The minimum atomic E-state index is -0.257. The Morgan fingerprint density at radius 1 is 1.35 bits per heavy atom. The normalized spacial score (nSPS) is 20.0. The van der Waals surface area contributed by atoms with Crippen molar-refractivity contribution in [2.45, 2.75) is 12.5 Å². The number of piperazine rings is 1. The third-order valence-electron chi connectivity index (χ3n) is 5.07. The van der Waals surface area contributed by atoms with Gasteiger partial charge < -0.3 is 15.0 Å². The second kappa shape index (κ2) is 7.34. The Bertz CT molecular complexity index is 822. The van der Waals surface area contributed by atoms with Crippen LogP contribution in [0.15, 0.2) is 34.6 Å². The highest BCUT2D eigenvalue weighted by atomic mass is 32.1. The smallest absolute Gasteiger partial charge is 0.139 e. The van der Waals surface area contributed by atoms with E-state index in [2.05, 4.69) is 33.6 Å². The molecule has 3 heterocycles. The first-order chi connectivity index (χ1) is 12.7. The maximum atomic E-state index is 13.7. The summed E-state index contributed by atoms with van der Waals surface area (Å²) < 4.78 is 19.0. The molecular formula is C19H23FN4OS. The van der Waals surface area contributed by atoms with E-state index in [1.807, 2.05) is 0 Å². The number of ether oxygens (including phenoxy) is 1. The van der Waals surface area contributed by atoms with E-state index in [0.717, 1.165) is 54.7 Å². The van der Waals surface area contributed by atoms with E-state index in [0.29, 0.717) is 11.7 Å². The van der Waals surface area contributed by atoms with Gasteiger partial charge in [0.1, 0.15) is 16.7 Å². The summed E-state index contributed by atoms with van der Waals surface area (Å²) in [6.45, 7) is 3.56. The standard InChI is InChI=1S/C19H23FN4OS/c1-23-7-8-24(12-14(23)5-9-25-2)18-15-6-10-26-19(15)22-17-11-13(20)3-4-16(17)21-18/h3-4,6,10-11,14,22H,5,7-9,12H2,1-2H3. The van der Waals surface area contributed by atoms with Crippen molar-refractivity contribution in [3.05, 3.63) is 41.0 Å². The zero-order valence-corrected chi connectivity index (χ0v) is 15.9. The van der Waals surface area contributed by atoms with Gasteiger partial charge >= 0.3 is 0 Å². The Morgan fingerprint density at radius 2 is 2.23 bits per heavy atom. The molecule has 5 nitrogen and oxygen atoms in total. The molecule has 7 heteroatoms. The fourth-order valence-electron chi connectivity index (χ4n) is 3.53. The SMILES string of the molecule is COCCC1CN(C2=Nc3ccc(F)cc3Nc3sccc32)CCN1C. The number of benzene rings is 1. The van der Waals surface area contributed by atoms with Crippen LogP contribution in [0.1, 0.15) is 12.0 Å². The molecule has 1 fully saturated rings. The number of halogens is 1. The highest BCUT2D eigenvalue weighted by Gasteiger charge is 2.29. The Kier molecular flexibility index (Phi) is 4.93. The average molecular weight is 374 g/mol. The second-order valence-electron chi connectivity index (χ2n) is 6.75. The molecule has 1 aromatic heterocycles. The van der Waals surface area contributed by atoms with Gasteiger partial charge in [-0.3, -0.25) is 4.90 Å². The van der Waals surface area contributed by atoms with Crippen molar-refractivity contribution in [2.24, 2.45) is 4.99 Å². The molecule has 138 valence electrons. The molecule has 1 unspecified atom stereocenters. The Hall–Kier alpha value is -1.96. The minimum absolute atomic E-state index is 0.257. The zero-order valence-electron chi connectivity index (χ0n) is 15.0. The van der Waals surface area contributed by atoms with E-state index < -0.39 is 0 Å². The molecular weight excluding hydrogens is 351 g/mol. The minimum Gasteiger partial charge on any atom is -0.385 e. The van der Waals surface area contributed by atoms with Crippen molar-refractivity contribution in [2.75, 3.05) is 45.7 Å². The largest absolute Gasteiger partial charge is 0.385 e. The van der Waals surface area contributed by atoms with Crippen LogP contribution < -0.4 is 5.32 Å². The lowest BCUT2D eigenvalue weighted by molar-refractivity contribution is 0.100. The van der Waals surface area contributed by atoms with Gasteiger partial charge in [-0.2, -0.15) is 0 Å². The van der Waals surface area contributed by atoms with Crippen LogP contribution in [-0.4, -0.2) is 62.1 Å². The number of methoxy groups -OCH3 is 1. The molecule has 2 aliphatic rings. The molecule has 0 aliphatic carbocycles. The van der Waals surface area contributed by atoms with Crippen LogP contribution in [0.3, 0.4) is 0 Å². The van der Waals surface area contributed by atoms with Gasteiger partial charge in [-0.15, -0.1) is 11.3 Å². The number of anilines is 2. The third kappa shape index (κ3) is 3.34. The zero-order chi connectivity index (χ0) is 18.1. The van der Waals surface area contributed by atoms with Gasteiger partial charge in [0, 0.05) is 39.4 Å². The molecule has 1 saturated heterocycles. The van der Waals surface area contributed by atoms with E-state index in [4.69, 9.17) is 9.73 Å². The second-order valence-corrected chi connectivity index (χ2v) is 7.66. The van der Waals surface area contributed by atoms with Crippen molar-refractivity contribution in [1.29, 1.82) is 0 Å². The van der Waals surface area contributed by atoms with Gasteiger partial charge in [0.2, 0.25) is 0 Å². The summed E-state index contributed by atoms with van der Waals surface area (Å²) in [6, 6.07) is 7.24. The highest BCUT2D eigenvalue weighted by molar-refractivity contribution is 7.14. The third-order valence-corrected chi connectivity index (χ3v) is 5.90. The molecule has 0 amide bonds. The van der Waals surface area contributed by atoms with E-state index >= 15 is 0 Å². The summed E-state index contributed by atoms with van der Waals surface area (Å²) in [5.74, 6) is 0.710. The van der Waals surface area contributed by atoms with Crippen LogP contribution in [0, 0.1) is 5.82 Å².